The fourth-order valence-electron chi connectivity index (χ4n) is 3.94. The van der Waals surface area contributed by atoms with Crippen LogP contribution >= 0.6 is 7.07 Å². The van der Waals surface area contributed by atoms with Gasteiger partial charge in [-0.3, -0.25) is 9.52 Å². The Labute approximate surface area is 318 Å². The smallest absolute Gasteiger partial charge is 0.540 e. The second kappa shape index (κ2) is 21.7. The molecular formula is C36H38N4O4PSW2-. The van der Waals surface area contributed by atoms with Crippen molar-refractivity contribution in [3.63, 3.8) is 0 Å². The SMILES string of the molecule is [CH2-]N([CH2-])CCc1ccc(O[P+](=S)N(C)/N=C/c2ccc(OC=Cc3ccc(OC(C)N=Cc4ccc(OC)cc4)cc3)cc2)cc1.[W].[W]. The first-order valence-corrected chi connectivity index (χ1v) is 16.8. The molecule has 0 aliphatic heterocycles. The van der Waals surface area contributed by atoms with Crippen molar-refractivity contribution in [2.24, 2.45) is 10.1 Å². The number of hydrogen-bond donors (Lipinski definition) is 0. The van der Waals surface area contributed by atoms with Gasteiger partial charge in [-0.05, 0) is 114 Å². The van der Waals surface area contributed by atoms with Crippen molar-refractivity contribution in [1.82, 2.24) is 9.68 Å². The zero-order valence-corrected chi connectivity index (χ0v) is 34.6. The molecular weight excluding hydrogens is 983 g/mol. The van der Waals surface area contributed by atoms with Crippen molar-refractivity contribution in [3.05, 3.63) is 140 Å². The Balaban J connectivity index is 0.00000400. The molecule has 2 unspecified atom stereocenters. The molecule has 0 N–H and O–H groups in total. The quantitative estimate of drug-likeness (QED) is 0.0370. The van der Waals surface area contributed by atoms with Gasteiger partial charge < -0.3 is 33.2 Å². The fraction of sp³-hybridized carbons (Fsp3) is 0.167. The van der Waals surface area contributed by atoms with E-state index in [-0.39, 0.29) is 48.4 Å². The molecule has 0 spiro atoms. The maximum atomic E-state index is 5.91. The molecule has 0 saturated carbocycles. The van der Waals surface area contributed by atoms with E-state index in [1.165, 1.54) is 5.56 Å². The molecule has 4 aromatic rings. The van der Waals surface area contributed by atoms with Gasteiger partial charge in [-0.2, -0.15) is 0 Å². The Morgan fingerprint density at radius 2 is 1.31 bits per heavy atom. The van der Waals surface area contributed by atoms with Gasteiger partial charge in [0.1, 0.15) is 17.2 Å². The van der Waals surface area contributed by atoms with E-state index in [1.807, 2.05) is 110 Å². The van der Waals surface area contributed by atoms with Gasteiger partial charge in [-0.25, -0.2) is 0 Å². The van der Waals surface area contributed by atoms with Gasteiger partial charge in [0.15, 0.2) is 12.0 Å². The Kier molecular flexibility index (Phi) is 18.5. The van der Waals surface area contributed by atoms with Crippen LogP contribution in [0.15, 0.2) is 113 Å². The van der Waals surface area contributed by atoms with Crippen LogP contribution in [-0.4, -0.2) is 49.0 Å². The largest absolute Gasteiger partial charge is 0.610 e. The Morgan fingerprint density at radius 3 is 1.92 bits per heavy atom. The zero-order valence-electron chi connectivity index (χ0n) is 27.0. The average Bonchev–Trinajstić information content (AvgIpc) is 3.07. The number of hydrazone groups is 1. The summed E-state index contributed by atoms with van der Waals surface area (Å²) < 4.78 is 24.4. The van der Waals surface area contributed by atoms with Gasteiger partial charge in [0, 0.05) is 48.3 Å². The van der Waals surface area contributed by atoms with Crippen molar-refractivity contribution in [2.45, 2.75) is 19.6 Å². The number of methoxy groups -OCH3 is 1. The molecule has 0 amide bonds. The first-order valence-electron chi connectivity index (χ1n) is 14.5. The van der Waals surface area contributed by atoms with E-state index in [0.29, 0.717) is 11.5 Å². The van der Waals surface area contributed by atoms with Crippen molar-refractivity contribution in [1.29, 1.82) is 0 Å². The zero-order chi connectivity index (χ0) is 32.7. The summed E-state index contributed by atoms with van der Waals surface area (Å²) in [6, 6.07) is 30.9. The van der Waals surface area contributed by atoms with Crippen molar-refractivity contribution in [2.75, 3.05) is 20.7 Å². The monoisotopic (exact) mass is 1020 g/mol. The van der Waals surface area contributed by atoms with E-state index in [9.17, 15) is 0 Å². The van der Waals surface area contributed by atoms with E-state index in [2.05, 4.69) is 24.2 Å². The first kappa shape index (κ1) is 41.0. The van der Waals surface area contributed by atoms with Crippen LogP contribution in [0.3, 0.4) is 0 Å². The van der Waals surface area contributed by atoms with Crippen LogP contribution in [0, 0.1) is 14.1 Å². The van der Waals surface area contributed by atoms with Crippen molar-refractivity contribution in [3.8, 4) is 23.0 Å². The molecule has 0 heterocycles. The first-order chi connectivity index (χ1) is 22.3. The van der Waals surface area contributed by atoms with Crippen molar-refractivity contribution >= 4 is 37.4 Å². The molecule has 0 aliphatic carbocycles. The van der Waals surface area contributed by atoms with Gasteiger partial charge in [0.25, 0.3) is 0 Å². The summed E-state index contributed by atoms with van der Waals surface area (Å²) in [7, 11) is 9.63. The van der Waals surface area contributed by atoms with Crippen LogP contribution in [0.5, 0.6) is 23.0 Å². The second-order valence-electron chi connectivity index (χ2n) is 10.2. The van der Waals surface area contributed by atoms with Crippen LogP contribution in [-0.2, 0) is 60.4 Å². The number of benzene rings is 4. The number of ether oxygens (including phenoxy) is 3. The Hall–Kier alpha value is -3.18. The predicted molar refractivity (Wildman–Crippen MR) is 191 cm³/mol. The van der Waals surface area contributed by atoms with Crippen LogP contribution in [0.25, 0.3) is 6.08 Å². The topological polar surface area (TPSA) is 68.1 Å². The van der Waals surface area contributed by atoms with Gasteiger partial charge in [-0.15, -0.1) is 5.10 Å². The summed E-state index contributed by atoms with van der Waals surface area (Å²) in [4.78, 5) is 6.13. The van der Waals surface area contributed by atoms with E-state index in [4.69, 9.17) is 30.5 Å². The maximum absolute atomic E-state index is 5.91. The molecule has 0 fully saturated rings. The number of rotatable bonds is 16. The molecule has 8 nitrogen and oxygen atoms in total. The molecule has 48 heavy (non-hydrogen) atoms. The summed E-state index contributed by atoms with van der Waals surface area (Å²) in [6.45, 7) is 2.68. The van der Waals surface area contributed by atoms with Gasteiger partial charge >= 0.3 is 7.07 Å². The molecule has 0 aliphatic rings. The molecule has 0 saturated heterocycles. The van der Waals surface area contributed by atoms with Gasteiger partial charge in [0.2, 0.25) is 11.8 Å². The maximum Gasteiger partial charge on any atom is 0.540 e. The molecule has 0 radical (unpaired) electrons. The number of nitrogens with zero attached hydrogens (tertiary/aromatic N) is 4. The number of aliphatic imine (C=N–C) groups is 1. The molecule has 4 aromatic carbocycles. The average molecular weight is 1020 g/mol. The summed E-state index contributed by atoms with van der Waals surface area (Å²) in [5, 5.41) is 4.45. The van der Waals surface area contributed by atoms with E-state index < -0.39 is 7.07 Å². The van der Waals surface area contributed by atoms with Crippen LogP contribution in [0.2, 0.25) is 0 Å². The third-order valence-corrected chi connectivity index (χ3v) is 8.39. The second-order valence-corrected chi connectivity index (χ2v) is 12.4. The summed E-state index contributed by atoms with van der Waals surface area (Å²) >= 11 is 5.53. The minimum atomic E-state index is -1.36. The fourth-order valence-corrected chi connectivity index (χ4v) is 4.88. The third-order valence-electron chi connectivity index (χ3n) is 6.51. The normalized spacial score (nSPS) is 12.0. The third kappa shape index (κ3) is 14.5. The standard InChI is InChI=1S/C36H38N4O4PS.2W/c1-28(37-26-31-10-14-33(41-5)15-11-31)43-35-18-6-30(7-19-35)23-25-42-34-16-12-32(13-17-34)27-38-40(4)45(46)44-36-20-8-29(9-21-36)22-24-39(2)3;;/h6-21,23,25-28H,2-3,22,24H2,1,4-5H3;;/q-1;;/b25-23?,37-26?,38-27+;;. The summed E-state index contributed by atoms with van der Waals surface area (Å²) in [5.74, 6) is 2.97. The molecule has 0 bridgehead atoms. The molecule has 4 rings (SSSR count). The minimum Gasteiger partial charge on any atom is -0.610 e. The predicted octanol–water partition coefficient (Wildman–Crippen LogP) is 8.13. The van der Waals surface area contributed by atoms with E-state index in [0.717, 1.165) is 41.2 Å². The molecule has 2 atom stereocenters. The molecule has 250 valence electrons. The number of hydrogen-bond acceptors (Lipinski definition) is 8. The summed E-state index contributed by atoms with van der Waals surface area (Å²) in [6.07, 6.45) is 7.61. The molecule has 12 heteroatoms. The van der Waals surface area contributed by atoms with E-state index >= 15 is 0 Å². The van der Waals surface area contributed by atoms with Crippen LogP contribution in [0.4, 0.5) is 0 Å². The minimum absolute atomic E-state index is 0. The van der Waals surface area contributed by atoms with Crippen molar-refractivity contribution < 1.29 is 60.9 Å². The van der Waals surface area contributed by atoms with E-state index in [1.54, 1.807) is 42.5 Å². The molecule has 0 aromatic heterocycles. The Morgan fingerprint density at radius 1 is 0.771 bits per heavy atom. The summed E-state index contributed by atoms with van der Waals surface area (Å²) in [5.41, 5.74) is 4.05. The van der Waals surface area contributed by atoms with Gasteiger partial charge in [-0.1, -0.05) is 35.6 Å². The van der Waals surface area contributed by atoms with Crippen LogP contribution in [0.1, 0.15) is 29.2 Å². The van der Waals surface area contributed by atoms with Gasteiger partial charge in [0.05, 0.1) is 26.6 Å². The Bertz CT molecular complexity index is 1620. The van der Waals surface area contributed by atoms with Crippen LogP contribution < -0.4 is 18.7 Å².